The van der Waals surface area contributed by atoms with Gasteiger partial charge in [0.05, 0.1) is 19.5 Å². The molecule has 0 aliphatic carbocycles. The van der Waals surface area contributed by atoms with Gasteiger partial charge in [0.1, 0.15) is 11.4 Å². The Morgan fingerprint density at radius 1 is 1.56 bits per heavy atom. The monoisotopic (exact) mass is 262 g/mol. The predicted molar refractivity (Wildman–Crippen MR) is 61.0 cm³/mol. The second-order valence-corrected chi connectivity index (χ2v) is 3.92. The van der Waals surface area contributed by atoms with Crippen LogP contribution in [0.15, 0.2) is 11.4 Å². The van der Waals surface area contributed by atoms with E-state index in [4.69, 9.17) is 21.1 Å². The average molecular weight is 263 g/mol. The molecule has 0 saturated carbocycles. The zero-order chi connectivity index (χ0) is 12.0. The average Bonchev–Trinajstić information content (AvgIpc) is 2.27. The largest absolute Gasteiger partial charge is 0.491 e. The van der Waals surface area contributed by atoms with Gasteiger partial charge in [0.2, 0.25) is 0 Å². The maximum atomic E-state index is 11.1. The Labute approximate surface area is 103 Å². The van der Waals surface area contributed by atoms with Gasteiger partial charge in [-0.3, -0.25) is 4.79 Å². The van der Waals surface area contributed by atoms with Crippen LogP contribution in [0.3, 0.4) is 0 Å². The van der Waals surface area contributed by atoms with Gasteiger partial charge in [-0.1, -0.05) is 23.4 Å². The number of aromatic nitrogens is 2. The number of hydrogen-bond acceptors (Lipinski definition) is 6. The first kappa shape index (κ1) is 13.1. The third-order valence-electron chi connectivity index (χ3n) is 1.56. The van der Waals surface area contributed by atoms with E-state index in [0.717, 1.165) is 0 Å². The highest BCUT2D eigenvalue weighted by molar-refractivity contribution is 8.00. The van der Waals surface area contributed by atoms with Gasteiger partial charge >= 0.3 is 5.97 Å². The Morgan fingerprint density at radius 3 is 2.94 bits per heavy atom. The first-order chi connectivity index (χ1) is 7.69. The molecule has 0 N–H and O–H groups in total. The molecule has 0 bridgehead atoms. The molecule has 0 radical (unpaired) electrons. The van der Waals surface area contributed by atoms with Crippen molar-refractivity contribution in [1.29, 1.82) is 0 Å². The lowest BCUT2D eigenvalue weighted by atomic mass is 10.6. The number of halogens is 1. The molecule has 16 heavy (non-hydrogen) atoms. The van der Waals surface area contributed by atoms with Crippen molar-refractivity contribution in [2.45, 2.75) is 11.9 Å². The number of nitrogens with zero attached hydrogens (tertiary/aromatic N) is 2. The van der Waals surface area contributed by atoms with Gasteiger partial charge in [-0.2, -0.15) is 0 Å². The number of hydrogen-bond donors (Lipinski definition) is 0. The van der Waals surface area contributed by atoms with Gasteiger partial charge in [0.25, 0.3) is 0 Å². The van der Waals surface area contributed by atoms with Crippen molar-refractivity contribution in [3.8, 4) is 5.75 Å². The van der Waals surface area contributed by atoms with Crippen molar-refractivity contribution in [3.63, 3.8) is 0 Å². The van der Waals surface area contributed by atoms with E-state index in [1.165, 1.54) is 25.2 Å². The number of rotatable bonds is 5. The molecule has 88 valence electrons. The van der Waals surface area contributed by atoms with Crippen LogP contribution in [0.2, 0.25) is 5.15 Å². The van der Waals surface area contributed by atoms with Gasteiger partial charge in [-0.15, -0.1) is 0 Å². The van der Waals surface area contributed by atoms with Crippen LogP contribution in [0.5, 0.6) is 5.75 Å². The molecular weight excluding hydrogens is 252 g/mol. The summed E-state index contributed by atoms with van der Waals surface area (Å²) in [6, 6.07) is 0. The van der Waals surface area contributed by atoms with Crippen LogP contribution in [0.4, 0.5) is 0 Å². The van der Waals surface area contributed by atoms with Crippen LogP contribution in [-0.4, -0.2) is 35.4 Å². The van der Waals surface area contributed by atoms with Crippen molar-refractivity contribution >= 4 is 29.3 Å². The number of esters is 1. The molecule has 0 amide bonds. The smallest absolute Gasteiger partial charge is 0.316 e. The lowest BCUT2D eigenvalue weighted by Gasteiger charge is -2.07. The first-order valence-electron chi connectivity index (χ1n) is 4.52. The summed E-state index contributed by atoms with van der Waals surface area (Å²) in [5.41, 5.74) is 0. The van der Waals surface area contributed by atoms with Gasteiger partial charge in [-0.25, -0.2) is 9.97 Å². The standard InChI is InChI=1S/C9H11ClN2O3S/c1-3-15-6(13)4-16-9-7(14-2)8(10)11-5-12-9/h5H,3-4H2,1-2H3. The molecule has 1 rings (SSSR count). The van der Waals surface area contributed by atoms with Crippen molar-refractivity contribution in [3.05, 3.63) is 11.5 Å². The van der Waals surface area contributed by atoms with E-state index < -0.39 is 0 Å². The quantitative estimate of drug-likeness (QED) is 0.458. The van der Waals surface area contributed by atoms with Gasteiger partial charge in [-0.05, 0) is 6.92 Å². The van der Waals surface area contributed by atoms with E-state index >= 15 is 0 Å². The second-order valence-electron chi connectivity index (χ2n) is 2.60. The molecule has 1 heterocycles. The molecular formula is C9H11ClN2O3S. The molecule has 7 heteroatoms. The van der Waals surface area contributed by atoms with E-state index in [2.05, 4.69) is 9.97 Å². The van der Waals surface area contributed by atoms with Crippen molar-refractivity contribution in [2.75, 3.05) is 19.5 Å². The molecule has 0 atom stereocenters. The fourth-order valence-electron chi connectivity index (χ4n) is 0.942. The number of carbonyl (C=O) groups is 1. The molecule has 0 fully saturated rings. The fraction of sp³-hybridized carbons (Fsp3) is 0.444. The van der Waals surface area contributed by atoms with Crippen LogP contribution >= 0.6 is 23.4 Å². The number of carbonyl (C=O) groups excluding carboxylic acids is 1. The number of ether oxygens (including phenoxy) is 2. The van der Waals surface area contributed by atoms with Crippen LogP contribution in [0.1, 0.15) is 6.92 Å². The van der Waals surface area contributed by atoms with Crippen LogP contribution in [0.25, 0.3) is 0 Å². The molecule has 0 aromatic carbocycles. The minimum Gasteiger partial charge on any atom is -0.491 e. The Hall–Kier alpha value is -1.01. The number of methoxy groups -OCH3 is 1. The Kier molecular flexibility index (Phi) is 5.34. The highest BCUT2D eigenvalue weighted by Crippen LogP contribution is 2.31. The molecule has 0 spiro atoms. The molecule has 0 unspecified atom stereocenters. The van der Waals surface area contributed by atoms with Gasteiger partial charge < -0.3 is 9.47 Å². The van der Waals surface area contributed by atoms with Crippen molar-refractivity contribution in [2.24, 2.45) is 0 Å². The fourth-order valence-corrected chi connectivity index (χ4v) is 1.98. The van der Waals surface area contributed by atoms with E-state index in [9.17, 15) is 4.79 Å². The molecule has 1 aromatic rings. The summed E-state index contributed by atoms with van der Waals surface area (Å²) in [7, 11) is 1.47. The topological polar surface area (TPSA) is 61.3 Å². The summed E-state index contributed by atoms with van der Waals surface area (Å²) < 4.78 is 9.83. The lowest BCUT2D eigenvalue weighted by Crippen LogP contribution is -2.07. The van der Waals surface area contributed by atoms with Gasteiger partial charge in [0, 0.05) is 0 Å². The highest BCUT2D eigenvalue weighted by atomic mass is 35.5. The zero-order valence-corrected chi connectivity index (χ0v) is 10.5. The second kappa shape index (κ2) is 6.55. The molecule has 0 aliphatic rings. The summed E-state index contributed by atoms with van der Waals surface area (Å²) in [6.07, 6.45) is 1.32. The van der Waals surface area contributed by atoms with Crippen LogP contribution in [-0.2, 0) is 9.53 Å². The van der Waals surface area contributed by atoms with E-state index in [0.29, 0.717) is 17.4 Å². The normalized spacial score (nSPS) is 9.94. The van der Waals surface area contributed by atoms with Crippen molar-refractivity contribution in [1.82, 2.24) is 9.97 Å². The lowest BCUT2D eigenvalue weighted by molar-refractivity contribution is -0.139. The molecule has 0 aliphatic heterocycles. The maximum Gasteiger partial charge on any atom is 0.316 e. The summed E-state index contributed by atoms with van der Waals surface area (Å²) >= 11 is 7.00. The molecule has 5 nitrogen and oxygen atoms in total. The first-order valence-corrected chi connectivity index (χ1v) is 5.88. The maximum absolute atomic E-state index is 11.1. The minimum absolute atomic E-state index is 0.164. The van der Waals surface area contributed by atoms with E-state index in [1.54, 1.807) is 6.92 Å². The van der Waals surface area contributed by atoms with Crippen molar-refractivity contribution < 1.29 is 14.3 Å². The minimum atomic E-state index is -0.302. The number of thioether (sulfide) groups is 1. The predicted octanol–water partition coefficient (Wildman–Crippen LogP) is 1.79. The zero-order valence-electron chi connectivity index (χ0n) is 8.90. The Bertz CT molecular complexity index is 376. The van der Waals surface area contributed by atoms with Gasteiger partial charge in [0.15, 0.2) is 10.9 Å². The van der Waals surface area contributed by atoms with Crippen LogP contribution < -0.4 is 4.74 Å². The third kappa shape index (κ3) is 3.53. The summed E-state index contributed by atoms with van der Waals surface area (Å²) in [5.74, 6) is 0.236. The molecule has 1 aromatic heterocycles. The van der Waals surface area contributed by atoms with E-state index in [1.807, 2.05) is 0 Å². The summed E-state index contributed by atoms with van der Waals surface area (Å²) in [5, 5.41) is 0.749. The Morgan fingerprint density at radius 2 is 2.31 bits per heavy atom. The molecule has 0 saturated heterocycles. The highest BCUT2D eigenvalue weighted by Gasteiger charge is 2.12. The summed E-state index contributed by atoms with van der Waals surface area (Å²) in [4.78, 5) is 18.9. The Balaban J connectivity index is 2.66. The third-order valence-corrected chi connectivity index (χ3v) is 2.78. The van der Waals surface area contributed by atoms with E-state index in [-0.39, 0.29) is 16.9 Å². The summed E-state index contributed by atoms with van der Waals surface area (Å²) in [6.45, 7) is 2.12. The van der Waals surface area contributed by atoms with Crippen LogP contribution in [0, 0.1) is 0 Å². The SMILES string of the molecule is CCOC(=O)CSc1ncnc(Cl)c1OC.